The maximum absolute atomic E-state index is 11.8. The fourth-order valence-corrected chi connectivity index (χ4v) is 4.20. The Bertz CT molecular complexity index is 733. The van der Waals surface area contributed by atoms with Crippen molar-refractivity contribution in [3.63, 3.8) is 0 Å². The van der Waals surface area contributed by atoms with Crippen LogP contribution in [-0.4, -0.2) is 68.4 Å². The zero-order valence-electron chi connectivity index (χ0n) is 15.5. The van der Waals surface area contributed by atoms with Crippen molar-refractivity contribution in [1.29, 1.82) is 0 Å². The van der Waals surface area contributed by atoms with E-state index in [0.29, 0.717) is 13.2 Å². The smallest absolute Gasteiger partial charge is 0.410 e. The molecule has 3 heterocycles. The van der Waals surface area contributed by atoms with Crippen LogP contribution in [0.15, 0.2) is 23.8 Å². The molecule has 3 aliphatic rings. The van der Waals surface area contributed by atoms with Crippen LogP contribution in [0.4, 0.5) is 4.79 Å². The maximum atomic E-state index is 11.8. The lowest BCUT2D eigenvalue weighted by molar-refractivity contribution is 0.0447. The third-order valence-corrected chi connectivity index (χ3v) is 5.55. The highest BCUT2D eigenvalue weighted by molar-refractivity contribution is 5.70. The van der Waals surface area contributed by atoms with Gasteiger partial charge in [0, 0.05) is 32.1 Å². The van der Waals surface area contributed by atoms with E-state index in [1.165, 1.54) is 5.57 Å². The van der Waals surface area contributed by atoms with E-state index in [4.69, 9.17) is 14.2 Å². The number of amides is 1. The highest BCUT2D eigenvalue weighted by atomic mass is 16.6. The van der Waals surface area contributed by atoms with Crippen LogP contribution >= 0.6 is 0 Å². The summed E-state index contributed by atoms with van der Waals surface area (Å²) in [6.45, 7) is 4.14. The van der Waals surface area contributed by atoms with E-state index >= 15 is 0 Å². The van der Waals surface area contributed by atoms with Gasteiger partial charge in [-0.15, -0.1) is 0 Å². The molecule has 3 aliphatic heterocycles. The van der Waals surface area contributed by atoms with Crippen molar-refractivity contribution < 1.29 is 19.0 Å². The zero-order valence-corrected chi connectivity index (χ0v) is 15.5. The number of hydrogen-bond donors (Lipinski definition) is 0. The molecule has 4 rings (SSSR count). The molecule has 1 atom stereocenters. The second-order valence-electron chi connectivity index (χ2n) is 7.51. The molecule has 140 valence electrons. The van der Waals surface area contributed by atoms with Gasteiger partial charge in [0.15, 0.2) is 11.5 Å². The van der Waals surface area contributed by atoms with E-state index in [9.17, 15) is 4.79 Å². The maximum Gasteiger partial charge on any atom is 0.410 e. The minimum Gasteiger partial charge on any atom is -0.493 e. The Morgan fingerprint density at radius 1 is 1.27 bits per heavy atom. The monoisotopic (exact) mass is 358 g/mol. The molecule has 0 aliphatic carbocycles. The average molecular weight is 358 g/mol. The van der Waals surface area contributed by atoms with Crippen LogP contribution in [0, 0.1) is 0 Å². The fourth-order valence-electron chi connectivity index (χ4n) is 4.20. The van der Waals surface area contributed by atoms with Gasteiger partial charge in [0.05, 0.1) is 13.7 Å². The average Bonchev–Trinajstić information content (AvgIpc) is 2.79. The van der Waals surface area contributed by atoms with Crippen molar-refractivity contribution >= 4 is 12.2 Å². The van der Waals surface area contributed by atoms with Crippen molar-refractivity contribution in [2.45, 2.75) is 24.9 Å². The van der Waals surface area contributed by atoms with Gasteiger partial charge in [0.2, 0.25) is 0 Å². The van der Waals surface area contributed by atoms with Crippen molar-refractivity contribution in [2.24, 2.45) is 0 Å². The molecular formula is C20H26N2O4. The molecular weight excluding hydrogens is 332 g/mol. The Morgan fingerprint density at radius 3 is 2.92 bits per heavy atom. The number of likely N-dealkylation sites (tertiary alicyclic amines) is 1. The lowest BCUT2D eigenvalue weighted by Gasteiger charge is -2.27. The molecule has 0 saturated carbocycles. The van der Waals surface area contributed by atoms with Crippen LogP contribution in [0.3, 0.4) is 0 Å². The number of nitrogens with zero attached hydrogens (tertiary/aromatic N) is 2. The Hall–Kier alpha value is -2.21. The molecule has 6 heteroatoms. The predicted molar refractivity (Wildman–Crippen MR) is 98.6 cm³/mol. The van der Waals surface area contributed by atoms with Gasteiger partial charge in [0.1, 0.15) is 12.2 Å². The Labute approximate surface area is 154 Å². The lowest BCUT2D eigenvalue weighted by atomic mass is 9.95. The molecule has 0 radical (unpaired) electrons. The first-order chi connectivity index (χ1) is 12.6. The number of carbonyl (C=O) groups is 1. The fraction of sp³-hybridized carbons (Fsp3) is 0.550. The molecule has 2 saturated heterocycles. The van der Waals surface area contributed by atoms with E-state index in [2.05, 4.69) is 17.0 Å². The molecule has 6 nitrogen and oxygen atoms in total. The minimum absolute atomic E-state index is 0.188. The van der Waals surface area contributed by atoms with Gasteiger partial charge in [-0.05, 0) is 37.1 Å². The molecule has 2 fully saturated rings. The number of carbonyl (C=O) groups excluding carboxylic acids is 1. The van der Waals surface area contributed by atoms with E-state index in [1.54, 1.807) is 12.0 Å². The number of likely N-dealkylation sites (N-methyl/N-ethyl adjacent to an activating group) is 1. The molecule has 0 unspecified atom stereocenters. The number of ether oxygens (including phenoxy) is 3. The lowest BCUT2D eigenvalue weighted by Crippen LogP contribution is -2.35. The van der Waals surface area contributed by atoms with Crippen LogP contribution < -0.4 is 9.47 Å². The number of para-hydroxylation sites is 1. The van der Waals surface area contributed by atoms with E-state index in [1.807, 2.05) is 19.2 Å². The van der Waals surface area contributed by atoms with E-state index in [0.717, 1.165) is 56.0 Å². The van der Waals surface area contributed by atoms with Gasteiger partial charge < -0.3 is 19.1 Å². The third-order valence-electron chi connectivity index (χ3n) is 5.55. The molecule has 0 bridgehead atoms. The number of methoxy groups -OCH3 is 1. The molecule has 26 heavy (non-hydrogen) atoms. The number of rotatable bonds is 3. The second-order valence-corrected chi connectivity index (χ2v) is 7.51. The number of fused-ring (bicyclic) bond motifs is 1. The standard InChI is InChI=1S/C20H26N2O4/c1-21-14-20(26-19(21)23)7-4-9-22(10-8-20)12-15-11-16-5-3-6-17(24-2)18(16)25-13-15/h3,5-6,11H,4,7-10,12-14H2,1-2H3/t20-/m1/s1. The van der Waals surface area contributed by atoms with E-state index < -0.39 is 0 Å². The van der Waals surface area contributed by atoms with Gasteiger partial charge in [-0.25, -0.2) is 4.79 Å². The van der Waals surface area contributed by atoms with Gasteiger partial charge >= 0.3 is 6.09 Å². The summed E-state index contributed by atoms with van der Waals surface area (Å²) >= 11 is 0. The molecule has 1 amide bonds. The summed E-state index contributed by atoms with van der Waals surface area (Å²) in [7, 11) is 3.48. The summed E-state index contributed by atoms with van der Waals surface area (Å²) in [4.78, 5) is 15.9. The first-order valence-electron chi connectivity index (χ1n) is 9.24. The summed E-state index contributed by atoms with van der Waals surface area (Å²) < 4.78 is 17.0. The Kier molecular flexibility index (Phi) is 4.53. The second kappa shape index (κ2) is 6.83. The van der Waals surface area contributed by atoms with E-state index in [-0.39, 0.29) is 11.7 Å². The normalized spacial score (nSPS) is 26.0. The predicted octanol–water partition coefficient (Wildman–Crippen LogP) is 2.78. The Balaban J connectivity index is 1.42. The minimum atomic E-state index is -0.294. The summed E-state index contributed by atoms with van der Waals surface area (Å²) in [5.41, 5.74) is 2.04. The first kappa shape index (κ1) is 17.2. The van der Waals surface area contributed by atoms with Crippen molar-refractivity contribution in [3.05, 3.63) is 29.3 Å². The van der Waals surface area contributed by atoms with Crippen molar-refractivity contribution in [3.8, 4) is 11.5 Å². The number of benzene rings is 1. The molecule has 1 aromatic carbocycles. The van der Waals surface area contributed by atoms with Crippen LogP contribution in [-0.2, 0) is 4.74 Å². The quantitative estimate of drug-likeness (QED) is 0.832. The molecule has 1 aromatic rings. The van der Waals surface area contributed by atoms with Crippen molar-refractivity contribution in [1.82, 2.24) is 9.80 Å². The summed E-state index contributed by atoms with van der Waals surface area (Å²) in [6.07, 6.45) is 4.90. The molecule has 0 aromatic heterocycles. The summed E-state index contributed by atoms with van der Waals surface area (Å²) in [6, 6.07) is 5.97. The van der Waals surface area contributed by atoms with Crippen LogP contribution in [0.2, 0.25) is 0 Å². The first-order valence-corrected chi connectivity index (χ1v) is 9.24. The van der Waals surface area contributed by atoms with Gasteiger partial charge in [-0.1, -0.05) is 12.1 Å². The number of hydrogen-bond acceptors (Lipinski definition) is 5. The summed E-state index contributed by atoms with van der Waals surface area (Å²) in [5, 5.41) is 0. The van der Waals surface area contributed by atoms with Gasteiger partial charge in [-0.3, -0.25) is 4.90 Å². The molecule has 1 spiro atoms. The van der Waals surface area contributed by atoms with Gasteiger partial charge in [-0.2, -0.15) is 0 Å². The van der Waals surface area contributed by atoms with Crippen LogP contribution in [0.25, 0.3) is 6.08 Å². The van der Waals surface area contributed by atoms with Gasteiger partial charge in [0.25, 0.3) is 0 Å². The zero-order chi connectivity index (χ0) is 18.1. The Morgan fingerprint density at radius 2 is 2.15 bits per heavy atom. The van der Waals surface area contributed by atoms with Crippen LogP contribution in [0.1, 0.15) is 24.8 Å². The van der Waals surface area contributed by atoms with Crippen LogP contribution in [0.5, 0.6) is 11.5 Å². The highest BCUT2D eigenvalue weighted by Gasteiger charge is 2.44. The highest BCUT2D eigenvalue weighted by Crippen LogP contribution is 2.36. The SMILES string of the molecule is COc1cccc2c1OCC(CN1CCC[C@@]3(CC1)CN(C)C(=O)O3)=C2. The third kappa shape index (κ3) is 3.26. The largest absolute Gasteiger partial charge is 0.493 e. The van der Waals surface area contributed by atoms with Crippen molar-refractivity contribution in [2.75, 3.05) is 46.9 Å². The molecule has 0 N–H and O–H groups in total. The summed E-state index contributed by atoms with van der Waals surface area (Å²) in [5.74, 6) is 1.61. The topological polar surface area (TPSA) is 51.2 Å².